The molecule has 0 radical (unpaired) electrons. The molecule has 5 aromatic rings. The summed E-state index contributed by atoms with van der Waals surface area (Å²) in [4.78, 5) is 0. The van der Waals surface area contributed by atoms with Crippen LogP contribution >= 0.6 is 11.6 Å². The lowest BCUT2D eigenvalue weighted by Gasteiger charge is -2.61. The highest BCUT2D eigenvalue weighted by molar-refractivity contribution is 6.31. The van der Waals surface area contributed by atoms with Crippen LogP contribution in [0.3, 0.4) is 0 Å². The summed E-state index contributed by atoms with van der Waals surface area (Å²) in [7, 11) is 0. The third kappa shape index (κ3) is 2.39. The SMILES string of the molecule is Clc1ccc2c(c1)oc1cccc(-c3ccc4c(c3)-c3ccccc3C43C4CC5CC(C4)CC3C5)c12. The fourth-order valence-corrected chi connectivity index (χ4v) is 9.53. The molecule has 4 saturated carbocycles. The molecule has 1 spiro atoms. The van der Waals surface area contributed by atoms with Crippen molar-refractivity contribution in [2.45, 2.75) is 37.5 Å². The van der Waals surface area contributed by atoms with Crippen molar-refractivity contribution < 1.29 is 4.42 Å². The standard InChI is InChI=1S/C34H27ClO/c35-24-9-10-27-32(18-24)36-31-7-3-5-25(33(27)31)21-8-11-30-28(17-21)26-4-1-2-6-29(26)34(30)22-13-19-12-20(15-22)16-23(34)14-19/h1-11,17-20,22-23H,12-16H2. The number of furan rings is 1. The molecule has 5 aliphatic carbocycles. The van der Waals surface area contributed by atoms with Crippen LogP contribution in [0.15, 0.2) is 83.3 Å². The Morgan fingerprint density at radius 2 is 1.39 bits per heavy atom. The van der Waals surface area contributed by atoms with E-state index in [1.807, 2.05) is 12.1 Å². The molecular formula is C34H27ClO. The monoisotopic (exact) mass is 486 g/mol. The first-order valence-corrected chi connectivity index (χ1v) is 13.9. The number of halogens is 1. The summed E-state index contributed by atoms with van der Waals surface area (Å²) in [6.07, 6.45) is 7.18. The topological polar surface area (TPSA) is 13.1 Å². The van der Waals surface area contributed by atoms with Gasteiger partial charge in [0.15, 0.2) is 0 Å². The van der Waals surface area contributed by atoms with E-state index in [-0.39, 0.29) is 5.41 Å². The van der Waals surface area contributed by atoms with Gasteiger partial charge in [0.2, 0.25) is 0 Å². The first kappa shape index (κ1) is 20.1. The fraction of sp³-hybridized carbons (Fsp3) is 0.294. The van der Waals surface area contributed by atoms with Gasteiger partial charge in [-0.15, -0.1) is 0 Å². The van der Waals surface area contributed by atoms with Gasteiger partial charge in [0.1, 0.15) is 11.2 Å². The minimum Gasteiger partial charge on any atom is -0.456 e. The maximum atomic E-state index is 6.28. The Morgan fingerprint density at radius 1 is 0.639 bits per heavy atom. The van der Waals surface area contributed by atoms with Crippen LogP contribution in [-0.4, -0.2) is 0 Å². The fourth-order valence-electron chi connectivity index (χ4n) is 9.37. The molecular weight excluding hydrogens is 460 g/mol. The van der Waals surface area contributed by atoms with Crippen molar-refractivity contribution >= 4 is 33.5 Å². The summed E-state index contributed by atoms with van der Waals surface area (Å²) in [5.74, 6) is 3.53. The van der Waals surface area contributed by atoms with Crippen molar-refractivity contribution in [3.63, 3.8) is 0 Å². The molecule has 0 N–H and O–H groups in total. The van der Waals surface area contributed by atoms with E-state index < -0.39 is 0 Å². The molecule has 0 amide bonds. The first-order valence-electron chi connectivity index (χ1n) is 13.6. The Hall–Kier alpha value is -3.03. The molecule has 4 fully saturated rings. The molecule has 1 heterocycles. The van der Waals surface area contributed by atoms with Crippen LogP contribution in [0, 0.1) is 23.7 Å². The van der Waals surface area contributed by atoms with Gasteiger partial charge in [0.05, 0.1) is 0 Å². The summed E-state index contributed by atoms with van der Waals surface area (Å²) in [5, 5.41) is 3.02. The molecule has 4 bridgehead atoms. The van der Waals surface area contributed by atoms with Crippen molar-refractivity contribution in [2.24, 2.45) is 23.7 Å². The normalized spacial score (nSPS) is 29.4. The number of fused-ring (bicyclic) bond motifs is 6. The summed E-state index contributed by atoms with van der Waals surface area (Å²) < 4.78 is 6.21. The quantitative estimate of drug-likeness (QED) is 0.230. The van der Waals surface area contributed by atoms with E-state index in [1.165, 1.54) is 59.7 Å². The maximum absolute atomic E-state index is 6.28. The molecule has 4 aromatic carbocycles. The summed E-state index contributed by atoms with van der Waals surface area (Å²) in [6, 6.07) is 29.1. The summed E-state index contributed by atoms with van der Waals surface area (Å²) in [6.45, 7) is 0. The van der Waals surface area contributed by atoms with Crippen LogP contribution in [0.25, 0.3) is 44.2 Å². The lowest BCUT2D eigenvalue weighted by atomic mass is 9.43. The Morgan fingerprint density at radius 3 is 2.22 bits per heavy atom. The van der Waals surface area contributed by atoms with Gasteiger partial charge in [0, 0.05) is 27.3 Å². The van der Waals surface area contributed by atoms with Crippen molar-refractivity contribution in [3.8, 4) is 22.3 Å². The van der Waals surface area contributed by atoms with Gasteiger partial charge >= 0.3 is 0 Å². The third-order valence-corrected chi connectivity index (χ3v) is 10.6. The van der Waals surface area contributed by atoms with E-state index >= 15 is 0 Å². The van der Waals surface area contributed by atoms with Crippen LogP contribution in [0.1, 0.15) is 43.2 Å². The first-order chi connectivity index (χ1) is 17.7. The molecule has 36 heavy (non-hydrogen) atoms. The highest BCUT2D eigenvalue weighted by atomic mass is 35.5. The molecule has 1 aromatic heterocycles. The van der Waals surface area contributed by atoms with Gasteiger partial charge in [0.25, 0.3) is 0 Å². The lowest BCUT2D eigenvalue weighted by Crippen LogP contribution is -2.55. The zero-order chi connectivity index (χ0) is 23.6. The zero-order valence-electron chi connectivity index (χ0n) is 20.1. The van der Waals surface area contributed by atoms with E-state index in [0.717, 1.165) is 40.2 Å². The second-order valence-electron chi connectivity index (χ2n) is 11.9. The summed E-state index contributed by atoms with van der Waals surface area (Å²) >= 11 is 6.28. The van der Waals surface area contributed by atoms with Crippen LogP contribution in [0.2, 0.25) is 5.02 Å². The highest BCUT2D eigenvalue weighted by Gasteiger charge is 2.61. The van der Waals surface area contributed by atoms with Crippen LogP contribution in [-0.2, 0) is 5.41 Å². The molecule has 1 nitrogen and oxygen atoms in total. The van der Waals surface area contributed by atoms with E-state index in [2.05, 4.69) is 66.7 Å². The van der Waals surface area contributed by atoms with E-state index in [1.54, 1.807) is 11.1 Å². The second-order valence-corrected chi connectivity index (χ2v) is 12.3. The molecule has 0 saturated heterocycles. The Balaban J connectivity index is 1.29. The Labute approximate surface area is 216 Å². The van der Waals surface area contributed by atoms with Gasteiger partial charge in [-0.1, -0.05) is 60.1 Å². The molecule has 5 aliphatic rings. The van der Waals surface area contributed by atoms with Crippen molar-refractivity contribution in [2.75, 3.05) is 0 Å². The lowest BCUT2D eigenvalue weighted by molar-refractivity contribution is -0.0399. The van der Waals surface area contributed by atoms with Gasteiger partial charge in [-0.3, -0.25) is 0 Å². The van der Waals surface area contributed by atoms with Crippen molar-refractivity contribution in [1.82, 2.24) is 0 Å². The van der Waals surface area contributed by atoms with Crippen LogP contribution < -0.4 is 0 Å². The number of rotatable bonds is 1. The molecule has 10 rings (SSSR count). The van der Waals surface area contributed by atoms with Gasteiger partial charge in [-0.25, -0.2) is 0 Å². The molecule has 0 aliphatic heterocycles. The molecule has 176 valence electrons. The average molecular weight is 487 g/mol. The second kappa shape index (κ2) is 6.84. The maximum Gasteiger partial charge on any atom is 0.136 e. The molecule has 0 unspecified atom stereocenters. The number of benzene rings is 4. The minimum atomic E-state index is 0.225. The zero-order valence-corrected chi connectivity index (χ0v) is 20.9. The largest absolute Gasteiger partial charge is 0.456 e. The van der Waals surface area contributed by atoms with Crippen LogP contribution in [0.4, 0.5) is 0 Å². The van der Waals surface area contributed by atoms with Crippen molar-refractivity contribution in [3.05, 3.63) is 95.0 Å². The predicted molar refractivity (Wildman–Crippen MR) is 147 cm³/mol. The van der Waals surface area contributed by atoms with Crippen molar-refractivity contribution in [1.29, 1.82) is 0 Å². The minimum absolute atomic E-state index is 0.225. The molecule has 0 atom stereocenters. The highest BCUT2D eigenvalue weighted by Crippen LogP contribution is 2.69. The Kier molecular flexibility index (Phi) is 3.81. The number of hydrogen-bond donors (Lipinski definition) is 0. The van der Waals surface area contributed by atoms with E-state index in [4.69, 9.17) is 16.0 Å². The van der Waals surface area contributed by atoms with E-state index in [0.29, 0.717) is 5.02 Å². The molecule has 2 heteroatoms. The predicted octanol–water partition coefficient (Wildman–Crippen LogP) is 9.63. The number of hydrogen-bond acceptors (Lipinski definition) is 1. The third-order valence-electron chi connectivity index (χ3n) is 10.3. The van der Waals surface area contributed by atoms with E-state index in [9.17, 15) is 0 Å². The van der Waals surface area contributed by atoms with Gasteiger partial charge < -0.3 is 4.42 Å². The van der Waals surface area contributed by atoms with Crippen LogP contribution in [0.5, 0.6) is 0 Å². The average Bonchev–Trinajstić information content (AvgIpc) is 3.40. The smallest absolute Gasteiger partial charge is 0.136 e. The van der Waals surface area contributed by atoms with Gasteiger partial charge in [-0.2, -0.15) is 0 Å². The Bertz CT molecular complexity index is 1690. The van der Waals surface area contributed by atoms with Gasteiger partial charge in [-0.05, 0) is 113 Å². The summed E-state index contributed by atoms with van der Waals surface area (Å²) in [5.41, 5.74) is 10.7.